The topological polar surface area (TPSA) is 52.8 Å². The van der Waals surface area contributed by atoms with Gasteiger partial charge in [0.15, 0.2) is 5.82 Å². The molecule has 0 N–H and O–H groups in total. The van der Waals surface area contributed by atoms with E-state index in [0.29, 0.717) is 5.82 Å². The lowest BCUT2D eigenvalue weighted by atomic mass is 10.2. The SMILES string of the molecule is COc1ccc(-n2nnnc2/C=C/c2ccccc2)cc1. The van der Waals surface area contributed by atoms with Gasteiger partial charge in [-0.2, -0.15) is 4.68 Å². The van der Waals surface area contributed by atoms with Gasteiger partial charge in [-0.3, -0.25) is 0 Å². The molecule has 0 aliphatic carbocycles. The number of benzene rings is 2. The van der Waals surface area contributed by atoms with E-state index in [-0.39, 0.29) is 0 Å². The summed E-state index contributed by atoms with van der Waals surface area (Å²) in [5, 5.41) is 11.8. The molecule has 104 valence electrons. The third kappa shape index (κ3) is 2.97. The highest BCUT2D eigenvalue weighted by Gasteiger charge is 2.05. The molecule has 3 rings (SSSR count). The van der Waals surface area contributed by atoms with Gasteiger partial charge in [-0.15, -0.1) is 5.10 Å². The van der Waals surface area contributed by atoms with E-state index in [1.54, 1.807) is 11.8 Å². The number of tetrazole rings is 1. The number of aromatic nitrogens is 4. The van der Waals surface area contributed by atoms with Crippen LogP contribution in [0.2, 0.25) is 0 Å². The second-order valence-electron chi connectivity index (χ2n) is 4.39. The molecule has 1 heterocycles. The van der Waals surface area contributed by atoms with Gasteiger partial charge in [-0.25, -0.2) is 0 Å². The first kappa shape index (κ1) is 13.1. The van der Waals surface area contributed by atoms with Crippen LogP contribution < -0.4 is 4.74 Å². The molecule has 0 saturated heterocycles. The van der Waals surface area contributed by atoms with E-state index >= 15 is 0 Å². The molecule has 0 bridgehead atoms. The van der Waals surface area contributed by atoms with Gasteiger partial charge in [0.2, 0.25) is 0 Å². The van der Waals surface area contributed by atoms with Gasteiger partial charge in [0.25, 0.3) is 0 Å². The van der Waals surface area contributed by atoms with Crippen LogP contribution in [0.15, 0.2) is 54.6 Å². The highest BCUT2D eigenvalue weighted by Crippen LogP contribution is 2.15. The van der Waals surface area contributed by atoms with Crippen LogP contribution in [-0.4, -0.2) is 27.3 Å². The quantitative estimate of drug-likeness (QED) is 0.736. The first-order valence-corrected chi connectivity index (χ1v) is 6.53. The van der Waals surface area contributed by atoms with Gasteiger partial charge in [0.05, 0.1) is 12.8 Å². The van der Waals surface area contributed by atoms with Crippen molar-refractivity contribution < 1.29 is 4.74 Å². The second kappa shape index (κ2) is 6.00. The maximum atomic E-state index is 5.15. The number of rotatable bonds is 4. The van der Waals surface area contributed by atoms with Gasteiger partial charge in [0.1, 0.15) is 5.75 Å². The largest absolute Gasteiger partial charge is 0.497 e. The van der Waals surface area contributed by atoms with Crippen LogP contribution in [0.1, 0.15) is 11.4 Å². The summed E-state index contributed by atoms with van der Waals surface area (Å²) in [7, 11) is 1.64. The second-order valence-corrected chi connectivity index (χ2v) is 4.39. The Labute approximate surface area is 122 Å². The summed E-state index contributed by atoms with van der Waals surface area (Å²) in [6, 6.07) is 17.6. The molecule has 3 aromatic rings. The molecule has 2 aromatic carbocycles. The normalized spacial score (nSPS) is 10.9. The Balaban J connectivity index is 1.88. The minimum absolute atomic E-state index is 0.670. The number of hydrogen-bond acceptors (Lipinski definition) is 4. The Bertz CT molecular complexity index is 732. The number of hydrogen-bond donors (Lipinski definition) is 0. The van der Waals surface area contributed by atoms with Gasteiger partial charge >= 0.3 is 0 Å². The zero-order valence-corrected chi connectivity index (χ0v) is 11.5. The number of ether oxygens (including phenoxy) is 1. The Morgan fingerprint density at radius 2 is 1.71 bits per heavy atom. The molecule has 0 aliphatic rings. The van der Waals surface area contributed by atoms with Crippen molar-refractivity contribution in [3.05, 3.63) is 66.0 Å². The minimum Gasteiger partial charge on any atom is -0.497 e. The van der Waals surface area contributed by atoms with Crippen molar-refractivity contribution in [2.24, 2.45) is 0 Å². The summed E-state index contributed by atoms with van der Waals surface area (Å²) < 4.78 is 6.83. The fourth-order valence-corrected chi connectivity index (χ4v) is 1.94. The first-order valence-electron chi connectivity index (χ1n) is 6.53. The predicted octanol–water partition coefficient (Wildman–Crippen LogP) is 2.84. The van der Waals surface area contributed by atoms with E-state index < -0.39 is 0 Å². The van der Waals surface area contributed by atoms with Gasteiger partial charge in [-0.05, 0) is 46.3 Å². The van der Waals surface area contributed by atoms with Crippen LogP contribution in [0, 0.1) is 0 Å². The van der Waals surface area contributed by atoms with Crippen molar-refractivity contribution in [3.8, 4) is 11.4 Å². The van der Waals surface area contributed by atoms with Gasteiger partial charge < -0.3 is 4.74 Å². The molecule has 0 unspecified atom stereocenters. The highest BCUT2D eigenvalue weighted by atomic mass is 16.5. The summed E-state index contributed by atoms with van der Waals surface area (Å²) >= 11 is 0. The Morgan fingerprint density at radius 1 is 0.952 bits per heavy atom. The van der Waals surface area contributed by atoms with E-state index in [1.807, 2.05) is 66.7 Å². The monoisotopic (exact) mass is 278 g/mol. The van der Waals surface area contributed by atoms with Gasteiger partial charge in [-0.1, -0.05) is 36.4 Å². The van der Waals surface area contributed by atoms with E-state index in [4.69, 9.17) is 4.74 Å². The van der Waals surface area contributed by atoms with Crippen molar-refractivity contribution in [1.29, 1.82) is 0 Å². The molecule has 5 nitrogen and oxygen atoms in total. The van der Waals surface area contributed by atoms with Crippen molar-refractivity contribution in [2.75, 3.05) is 7.11 Å². The van der Waals surface area contributed by atoms with Crippen molar-refractivity contribution in [1.82, 2.24) is 20.2 Å². The summed E-state index contributed by atoms with van der Waals surface area (Å²) in [5.41, 5.74) is 1.98. The van der Waals surface area contributed by atoms with Crippen LogP contribution >= 0.6 is 0 Å². The fraction of sp³-hybridized carbons (Fsp3) is 0.0625. The van der Waals surface area contributed by atoms with E-state index in [9.17, 15) is 0 Å². The molecular formula is C16H14N4O. The summed E-state index contributed by atoms with van der Waals surface area (Å²) in [6.45, 7) is 0. The summed E-state index contributed by atoms with van der Waals surface area (Å²) in [5.74, 6) is 1.47. The van der Waals surface area contributed by atoms with Crippen molar-refractivity contribution in [2.45, 2.75) is 0 Å². The molecule has 21 heavy (non-hydrogen) atoms. The minimum atomic E-state index is 0.670. The van der Waals surface area contributed by atoms with E-state index in [2.05, 4.69) is 15.5 Å². The predicted molar refractivity (Wildman–Crippen MR) is 81.1 cm³/mol. The molecule has 0 fully saturated rings. The van der Waals surface area contributed by atoms with Gasteiger partial charge in [0, 0.05) is 0 Å². The molecule has 1 aromatic heterocycles. The highest BCUT2D eigenvalue weighted by molar-refractivity contribution is 5.67. The Kier molecular flexibility index (Phi) is 3.73. The summed E-state index contributed by atoms with van der Waals surface area (Å²) in [4.78, 5) is 0. The fourth-order valence-electron chi connectivity index (χ4n) is 1.94. The molecule has 0 amide bonds. The molecule has 0 radical (unpaired) electrons. The molecule has 0 aliphatic heterocycles. The lowest BCUT2D eigenvalue weighted by molar-refractivity contribution is 0.414. The van der Waals surface area contributed by atoms with Crippen LogP contribution in [0.3, 0.4) is 0 Å². The Morgan fingerprint density at radius 3 is 2.43 bits per heavy atom. The average molecular weight is 278 g/mol. The maximum absolute atomic E-state index is 5.15. The number of nitrogens with zero attached hydrogens (tertiary/aromatic N) is 4. The standard InChI is InChI=1S/C16H14N4O/c1-21-15-10-8-14(9-11-15)20-16(17-18-19-20)12-7-13-5-3-2-4-6-13/h2-12H,1H3/b12-7+. The van der Waals surface area contributed by atoms with Crippen molar-refractivity contribution in [3.63, 3.8) is 0 Å². The van der Waals surface area contributed by atoms with Crippen LogP contribution in [-0.2, 0) is 0 Å². The van der Waals surface area contributed by atoms with Crippen LogP contribution in [0.25, 0.3) is 17.8 Å². The molecule has 0 saturated carbocycles. The zero-order valence-electron chi connectivity index (χ0n) is 11.5. The molecular weight excluding hydrogens is 264 g/mol. The van der Waals surface area contributed by atoms with Crippen LogP contribution in [0.4, 0.5) is 0 Å². The maximum Gasteiger partial charge on any atom is 0.179 e. The lowest BCUT2D eigenvalue weighted by Crippen LogP contribution is -1.99. The lowest BCUT2D eigenvalue weighted by Gasteiger charge is -2.03. The molecule has 0 spiro atoms. The van der Waals surface area contributed by atoms with E-state index in [1.165, 1.54) is 0 Å². The Hall–Kier alpha value is -2.95. The zero-order chi connectivity index (χ0) is 14.5. The van der Waals surface area contributed by atoms with Crippen LogP contribution in [0.5, 0.6) is 5.75 Å². The third-order valence-corrected chi connectivity index (χ3v) is 3.04. The number of methoxy groups -OCH3 is 1. The van der Waals surface area contributed by atoms with Crippen molar-refractivity contribution >= 4 is 12.2 Å². The smallest absolute Gasteiger partial charge is 0.179 e. The first-order chi connectivity index (χ1) is 10.4. The third-order valence-electron chi connectivity index (χ3n) is 3.04. The average Bonchev–Trinajstić information content (AvgIpc) is 3.02. The summed E-state index contributed by atoms with van der Waals surface area (Å²) in [6.07, 6.45) is 3.87. The molecule has 5 heteroatoms. The molecule has 0 atom stereocenters. The van der Waals surface area contributed by atoms with E-state index in [0.717, 1.165) is 17.0 Å².